The van der Waals surface area contributed by atoms with Crippen molar-refractivity contribution in [3.8, 4) is 11.8 Å². The van der Waals surface area contributed by atoms with Crippen LogP contribution in [0.5, 0.6) is 0 Å². The molecule has 0 radical (unpaired) electrons. The summed E-state index contributed by atoms with van der Waals surface area (Å²) >= 11 is 1.78. The van der Waals surface area contributed by atoms with Crippen LogP contribution in [-0.2, 0) is 19.5 Å². The smallest absolute Gasteiger partial charge is 0.125 e. The maximum Gasteiger partial charge on any atom is 0.125 e. The summed E-state index contributed by atoms with van der Waals surface area (Å²) in [5.41, 5.74) is 3.53. The lowest BCUT2D eigenvalue weighted by atomic mass is 10.1. The highest BCUT2D eigenvalue weighted by Gasteiger charge is 2.18. The molecule has 0 saturated carbocycles. The molecule has 3 nitrogen and oxygen atoms in total. The molecule has 0 bridgehead atoms. The number of thiophene rings is 1. The molecule has 2 aromatic heterocycles. The molecule has 0 saturated heterocycles. The van der Waals surface area contributed by atoms with Gasteiger partial charge in [0.2, 0.25) is 0 Å². The van der Waals surface area contributed by atoms with Crippen molar-refractivity contribution in [2.75, 3.05) is 6.54 Å². The molecule has 0 unspecified atom stereocenters. The second-order valence-corrected chi connectivity index (χ2v) is 7.40. The van der Waals surface area contributed by atoms with Gasteiger partial charge in [-0.2, -0.15) is 0 Å². The molecular weight excluding hydrogens is 326 g/mol. The summed E-state index contributed by atoms with van der Waals surface area (Å²) in [6, 6.07) is 14.4. The van der Waals surface area contributed by atoms with E-state index in [1.807, 2.05) is 43.5 Å². The maximum atomic E-state index is 4.56. The van der Waals surface area contributed by atoms with Crippen LogP contribution >= 0.6 is 11.3 Å². The van der Waals surface area contributed by atoms with Crippen LogP contribution in [0.3, 0.4) is 0 Å². The Balaban J connectivity index is 1.42. The third-order valence-electron chi connectivity index (χ3n) is 4.28. The second-order valence-electron chi connectivity index (χ2n) is 6.23. The largest absolute Gasteiger partial charge is 0.293 e. The van der Waals surface area contributed by atoms with E-state index < -0.39 is 0 Å². The average molecular weight is 345 g/mol. The van der Waals surface area contributed by atoms with Gasteiger partial charge >= 0.3 is 0 Å². The van der Waals surface area contributed by atoms with Crippen molar-refractivity contribution in [3.63, 3.8) is 0 Å². The Morgan fingerprint density at radius 2 is 2.00 bits per heavy atom. The molecule has 25 heavy (non-hydrogen) atoms. The first-order chi connectivity index (χ1) is 12.3. The average Bonchev–Trinajstić information content (AvgIpc) is 3.08. The number of rotatable bonds is 2. The van der Waals surface area contributed by atoms with Gasteiger partial charge in [0.05, 0.1) is 4.88 Å². The lowest BCUT2D eigenvalue weighted by Gasteiger charge is -2.27. The van der Waals surface area contributed by atoms with Gasteiger partial charge in [-0.15, -0.1) is 11.3 Å². The fourth-order valence-corrected chi connectivity index (χ4v) is 3.92. The molecule has 1 aliphatic heterocycles. The van der Waals surface area contributed by atoms with Crippen LogP contribution in [0.2, 0.25) is 0 Å². The minimum Gasteiger partial charge on any atom is -0.293 e. The molecule has 0 aliphatic carbocycles. The minimum atomic E-state index is 0.868. The normalized spacial score (nSPS) is 13.8. The molecule has 124 valence electrons. The molecular formula is C21H19N3S. The van der Waals surface area contributed by atoms with Crippen LogP contribution in [0.4, 0.5) is 0 Å². The van der Waals surface area contributed by atoms with Gasteiger partial charge in [-0.1, -0.05) is 30.0 Å². The zero-order chi connectivity index (χ0) is 17.1. The number of fused-ring (bicyclic) bond motifs is 1. The van der Waals surface area contributed by atoms with Crippen molar-refractivity contribution in [1.29, 1.82) is 0 Å². The van der Waals surface area contributed by atoms with E-state index >= 15 is 0 Å². The van der Waals surface area contributed by atoms with Crippen LogP contribution in [0.15, 0.2) is 48.7 Å². The van der Waals surface area contributed by atoms with Crippen LogP contribution in [0, 0.1) is 18.8 Å². The number of benzene rings is 1. The van der Waals surface area contributed by atoms with Gasteiger partial charge < -0.3 is 0 Å². The molecule has 4 heteroatoms. The molecule has 1 aromatic carbocycles. The standard InChI is InChI=1S/C21H19N3S/c1-16-22-13-18-14-24(12-11-21(18)23-16)15-20-10-9-19(25-20)8-7-17-5-3-2-4-6-17/h2-6,9-10,13H,11-12,14-15H2,1H3. The van der Waals surface area contributed by atoms with Gasteiger partial charge in [0.25, 0.3) is 0 Å². The van der Waals surface area contributed by atoms with Crippen molar-refractivity contribution in [3.05, 3.63) is 81.1 Å². The van der Waals surface area contributed by atoms with E-state index in [2.05, 4.69) is 38.8 Å². The maximum absolute atomic E-state index is 4.56. The third-order valence-corrected chi connectivity index (χ3v) is 5.26. The summed E-state index contributed by atoms with van der Waals surface area (Å²) in [4.78, 5) is 13.8. The highest BCUT2D eigenvalue weighted by atomic mass is 32.1. The molecule has 0 spiro atoms. The van der Waals surface area contributed by atoms with Crippen LogP contribution < -0.4 is 0 Å². The van der Waals surface area contributed by atoms with Crippen LogP contribution in [0.25, 0.3) is 0 Å². The Labute approximate surface area is 152 Å². The van der Waals surface area contributed by atoms with Gasteiger partial charge in [-0.3, -0.25) is 4.90 Å². The summed E-state index contributed by atoms with van der Waals surface area (Å²) in [7, 11) is 0. The Kier molecular flexibility index (Phi) is 4.60. The predicted octanol–water partition coefficient (Wildman–Crippen LogP) is 3.80. The zero-order valence-corrected chi connectivity index (χ0v) is 15.0. The summed E-state index contributed by atoms with van der Waals surface area (Å²) in [5.74, 6) is 7.36. The fraction of sp³-hybridized carbons (Fsp3) is 0.238. The van der Waals surface area contributed by atoms with Crippen molar-refractivity contribution in [2.24, 2.45) is 0 Å². The van der Waals surface area contributed by atoms with Gasteiger partial charge in [0.1, 0.15) is 5.82 Å². The van der Waals surface area contributed by atoms with Crippen LogP contribution in [0.1, 0.15) is 32.4 Å². The topological polar surface area (TPSA) is 29.0 Å². The van der Waals surface area contributed by atoms with E-state index in [1.54, 1.807) is 11.3 Å². The van der Waals surface area contributed by atoms with Gasteiger partial charge in [0, 0.05) is 53.9 Å². The van der Waals surface area contributed by atoms with Gasteiger partial charge in [-0.05, 0) is 31.2 Å². The molecule has 3 heterocycles. The Morgan fingerprint density at radius 1 is 1.12 bits per heavy atom. The first-order valence-corrected chi connectivity index (χ1v) is 9.27. The number of hydrogen-bond donors (Lipinski definition) is 0. The summed E-state index contributed by atoms with van der Waals surface area (Å²) < 4.78 is 0. The third kappa shape index (κ3) is 3.96. The first-order valence-electron chi connectivity index (χ1n) is 8.46. The van der Waals surface area contributed by atoms with Crippen molar-refractivity contribution in [2.45, 2.75) is 26.4 Å². The van der Waals surface area contributed by atoms with E-state index in [4.69, 9.17) is 0 Å². The molecule has 1 aliphatic rings. The number of nitrogens with zero attached hydrogens (tertiary/aromatic N) is 3. The summed E-state index contributed by atoms with van der Waals surface area (Å²) in [6.07, 6.45) is 2.99. The van der Waals surface area contributed by atoms with Crippen molar-refractivity contribution < 1.29 is 0 Å². The lowest BCUT2D eigenvalue weighted by molar-refractivity contribution is 0.245. The lowest BCUT2D eigenvalue weighted by Crippen LogP contribution is -2.30. The van der Waals surface area contributed by atoms with E-state index in [9.17, 15) is 0 Å². The quantitative estimate of drug-likeness (QED) is 0.662. The highest BCUT2D eigenvalue weighted by Crippen LogP contribution is 2.22. The van der Waals surface area contributed by atoms with Gasteiger partial charge in [0.15, 0.2) is 0 Å². The van der Waals surface area contributed by atoms with E-state index in [0.29, 0.717) is 0 Å². The second kappa shape index (κ2) is 7.18. The Hall–Kier alpha value is -2.48. The molecule has 0 amide bonds. The Morgan fingerprint density at radius 3 is 2.88 bits per heavy atom. The zero-order valence-electron chi connectivity index (χ0n) is 14.2. The Bertz CT molecular complexity index is 935. The van der Waals surface area contributed by atoms with Crippen molar-refractivity contribution in [1.82, 2.24) is 14.9 Å². The molecule has 4 rings (SSSR count). The monoisotopic (exact) mass is 345 g/mol. The number of aromatic nitrogens is 2. The van der Waals surface area contributed by atoms with Gasteiger partial charge in [-0.25, -0.2) is 9.97 Å². The molecule has 3 aromatic rings. The predicted molar refractivity (Wildman–Crippen MR) is 101 cm³/mol. The number of aryl methyl sites for hydroxylation is 1. The van der Waals surface area contributed by atoms with E-state index in [1.165, 1.54) is 16.1 Å². The summed E-state index contributed by atoms with van der Waals surface area (Å²) in [5, 5.41) is 0. The first kappa shape index (κ1) is 16.0. The van der Waals surface area contributed by atoms with E-state index in [0.717, 1.165) is 42.3 Å². The minimum absolute atomic E-state index is 0.868. The molecule has 0 atom stereocenters. The SMILES string of the molecule is Cc1ncc2c(n1)CCN(Cc1ccc(C#Cc3ccccc3)s1)C2. The van der Waals surface area contributed by atoms with Crippen LogP contribution in [-0.4, -0.2) is 21.4 Å². The molecule has 0 N–H and O–H groups in total. The molecule has 0 fully saturated rings. The fourth-order valence-electron chi connectivity index (χ4n) is 3.02. The van der Waals surface area contributed by atoms with E-state index in [-0.39, 0.29) is 0 Å². The number of hydrogen-bond acceptors (Lipinski definition) is 4. The highest BCUT2D eigenvalue weighted by molar-refractivity contribution is 7.12. The van der Waals surface area contributed by atoms with Crippen molar-refractivity contribution >= 4 is 11.3 Å². The summed E-state index contributed by atoms with van der Waals surface area (Å²) in [6.45, 7) is 4.90.